The predicted molar refractivity (Wildman–Crippen MR) is 127 cm³/mol. The normalized spacial score (nSPS) is 18.5. The van der Waals surface area contributed by atoms with Gasteiger partial charge >= 0.3 is 6.18 Å². The third-order valence-corrected chi connectivity index (χ3v) is 6.33. The predicted octanol–water partition coefficient (Wildman–Crippen LogP) is 6.16. The smallest absolute Gasteiger partial charge is 0.433 e. The van der Waals surface area contributed by atoms with Crippen LogP contribution in [0.1, 0.15) is 41.9 Å². The molecule has 5 rings (SSSR count). The van der Waals surface area contributed by atoms with Crippen molar-refractivity contribution in [3.05, 3.63) is 66.1 Å². The van der Waals surface area contributed by atoms with Crippen molar-refractivity contribution in [1.29, 1.82) is 0 Å². The number of amides is 1. The first-order chi connectivity index (χ1) is 16.8. The summed E-state index contributed by atoms with van der Waals surface area (Å²) in [6.07, 6.45) is -1.58. The number of furan rings is 1. The fraction of sp³-hybridized carbons (Fsp3) is 0.308. The zero-order chi connectivity index (χ0) is 24.6. The van der Waals surface area contributed by atoms with Crippen molar-refractivity contribution < 1.29 is 27.1 Å². The van der Waals surface area contributed by atoms with Crippen molar-refractivity contribution in [2.45, 2.75) is 43.9 Å². The maximum absolute atomic E-state index is 13.4. The lowest BCUT2D eigenvalue weighted by Crippen LogP contribution is -2.41. The van der Waals surface area contributed by atoms with Crippen molar-refractivity contribution in [3.8, 4) is 5.75 Å². The SMILES string of the molecule is COc1cccc2cc(C(=O)N[C@@H]3CCC[C@H](Nc4cc(C(F)(F)F)nc5ccccc45)C3)oc12. The van der Waals surface area contributed by atoms with Crippen molar-refractivity contribution in [3.63, 3.8) is 0 Å². The van der Waals surface area contributed by atoms with E-state index >= 15 is 0 Å². The highest BCUT2D eigenvalue weighted by Crippen LogP contribution is 2.34. The van der Waals surface area contributed by atoms with Gasteiger partial charge in [0.1, 0.15) is 5.69 Å². The van der Waals surface area contributed by atoms with Gasteiger partial charge in [0.2, 0.25) is 0 Å². The Morgan fingerprint density at radius 3 is 2.69 bits per heavy atom. The van der Waals surface area contributed by atoms with Gasteiger partial charge in [-0.2, -0.15) is 13.2 Å². The van der Waals surface area contributed by atoms with Crippen molar-refractivity contribution in [2.24, 2.45) is 0 Å². The summed E-state index contributed by atoms with van der Waals surface area (Å²) in [5, 5.41) is 7.70. The van der Waals surface area contributed by atoms with Crippen LogP contribution >= 0.6 is 0 Å². The molecule has 2 aromatic heterocycles. The fourth-order valence-electron chi connectivity index (χ4n) is 4.68. The van der Waals surface area contributed by atoms with Crippen LogP contribution in [0.3, 0.4) is 0 Å². The number of fused-ring (bicyclic) bond motifs is 2. The largest absolute Gasteiger partial charge is 0.493 e. The molecule has 0 bridgehead atoms. The van der Waals surface area contributed by atoms with Crippen molar-refractivity contribution in [2.75, 3.05) is 12.4 Å². The topological polar surface area (TPSA) is 76.4 Å². The highest BCUT2D eigenvalue weighted by molar-refractivity contribution is 5.97. The van der Waals surface area contributed by atoms with E-state index in [1.54, 1.807) is 36.4 Å². The van der Waals surface area contributed by atoms with Crippen LogP contribution in [0.5, 0.6) is 5.75 Å². The van der Waals surface area contributed by atoms with Crippen LogP contribution in [0.2, 0.25) is 0 Å². The molecule has 1 fully saturated rings. The van der Waals surface area contributed by atoms with Gasteiger partial charge in [0, 0.05) is 28.5 Å². The summed E-state index contributed by atoms with van der Waals surface area (Å²) in [4.78, 5) is 16.7. The minimum Gasteiger partial charge on any atom is -0.493 e. The van der Waals surface area contributed by atoms with Gasteiger partial charge in [-0.05, 0) is 49.9 Å². The average Bonchev–Trinajstić information content (AvgIpc) is 3.28. The Kier molecular flexibility index (Phi) is 6.00. The number of nitrogens with zero attached hydrogens (tertiary/aromatic N) is 1. The molecule has 4 aromatic rings. The van der Waals surface area contributed by atoms with Gasteiger partial charge in [0.15, 0.2) is 17.1 Å². The number of alkyl halides is 3. The standard InChI is InChI=1S/C26H24F3N3O3/c1-34-21-11-4-6-15-12-22(35-24(15)21)25(33)31-17-8-5-7-16(13-17)30-20-14-23(26(27,28)29)32-19-10-3-2-9-18(19)20/h2-4,6,9-12,14,16-17H,5,7-8,13H2,1H3,(H,30,32)(H,31,33)/t16-,17+/m0/s1. The summed E-state index contributed by atoms with van der Waals surface area (Å²) in [7, 11) is 1.54. The molecule has 6 nitrogen and oxygen atoms in total. The zero-order valence-electron chi connectivity index (χ0n) is 19.0. The number of benzene rings is 2. The molecule has 0 saturated heterocycles. The second kappa shape index (κ2) is 9.13. The van der Waals surface area contributed by atoms with Gasteiger partial charge in [0.05, 0.1) is 12.6 Å². The van der Waals surface area contributed by atoms with Crippen molar-refractivity contribution in [1.82, 2.24) is 10.3 Å². The average molecular weight is 483 g/mol. The van der Waals surface area contributed by atoms with Crippen LogP contribution in [0, 0.1) is 0 Å². The molecular weight excluding hydrogens is 459 g/mol. The Morgan fingerprint density at radius 2 is 1.89 bits per heavy atom. The van der Waals surface area contributed by atoms with Crippen LogP contribution in [-0.2, 0) is 6.18 Å². The zero-order valence-corrected chi connectivity index (χ0v) is 19.0. The first-order valence-electron chi connectivity index (χ1n) is 11.4. The fourth-order valence-corrected chi connectivity index (χ4v) is 4.68. The number of carbonyl (C=O) groups is 1. The Hall–Kier alpha value is -3.75. The number of para-hydroxylation sites is 2. The highest BCUT2D eigenvalue weighted by Gasteiger charge is 2.34. The molecule has 0 radical (unpaired) electrons. The van der Waals surface area contributed by atoms with Gasteiger partial charge in [0.25, 0.3) is 5.91 Å². The van der Waals surface area contributed by atoms with E-state index in [0.29, 0.717) is 28.8 Å². The highest BCUT2D eigenvalue weighted by atomic mass is 19.4. The Balaban J connectivity index is 1.32. The third kappa shape index (κ3) is 4.76. The van der Waals surface area contributed by atoms with Gasteiger partial charge in [-0.25, -0.2) is 4.98 Å². The summed E-state index contributed by atoms with van der Waals surface area (Å²) >= 11 is 0. The minimum atomic E-state index is -4.54. The molecule has 0 spiro atoms. The van der Waals surface area contributed by atoms with E-state index < -0.39 is 11.9 Å². The maximum Gasteiger partial charge on any atom is 0.433 e. The lowest BCUT2D eigenvalue weighted by atomic mass is 9.90. The summed E-state index contributed by atoms with van der Waals surface area (Å²) in [6, 6.07) is 14.7. The molecule has 1 aliphatic carbocycles. The quantitative estimate of drug-likeness (QED) is 0.356. The first kappa shape index (κ1) is 23.0. The van der Waals surface area contributed by atoms with E-state index in [9.17, 15) is 18.0 Å². The summed E-state index contributed by atoms with van der Waals surface area (Å²) in [5.41, 5.74) is 0.253. The molecule has 2 atom stereocenters. The van der Waals surface area contributed by atoms with Gasteiger partial charge < -0.3 is 19.8 Å². The number of nitrogens with one attached hydrogen (secondary N) is 2. The Morgan fingerprint density at radius 1 is 1.09 bits per heavy atom. The summed E-state index contributed by atoms with van der Waals surface area (Å²) < 4.78 is 51.3. The number of hydrogen-bond acceptors (Lipinski definition) is 5. The minimum absolute atomic E-state index is 0.100. The lowest BCUT2D eigenvalue weighted by molar-refractivity contribution is -0.140. The van der Waals surface area contributed by atoms with E-state index in [1.807, 2.05) is 12.1 Å². The summed E-state index contributed by atoms with van der Waals surface area (Å²) in [6.45, 7) is 0. The molecule has 182 valence electrons. The number of pyridine rings is 1. The van der Waals surface area contributed by atoms with Gasteiger partial charge in [-0.15, -0.1) is 0 Å². The van der Waals surface area contributed by atoms with E-state index in [4.69, 9.17) is 9.15 Å². The number of methoxy groups -OCH3 is 1. The van der Waals surface area contributed by atoms with Crippen LogP contribution < -0.4 is 15.4 Å². The van der Waals surface area contributed by atoms with Crippen LogP contribution in [-0.4, -0.2) is 30.1 Å². The molecule has 2 N–H and O–H groups in total. The summed E-state index contributed by atoms with van der Waals surface area (Å²) in [5.74, 6) is 0.406. The van der Waals surface area contributed by atoms with E-state index in [2.05, 4.69) is 15.6 Å². The van der Waals surface area contributed by atoms with Crippen molar-refractivity contribution >= 4 is 33.5 Å². The van der Waals surface area contributed by atoms with E-state index in [0.717, 1.165) is 30.7 Å². The Labute approximate surface area is 199 Å². The second-order valence-electron chi connectivity index (χ2n) is 8.74. The van der Waals surface area contributed by atoms with Crippen LogP contribution in [0.15, 0.2) is 59.0 Å². The third-order valence-electron chi connectivity index (χ3n) is 6.33. The molecule has 35 heavy (non-hydrogen) atoms. The Bertz CT molecular complexity index is 1380. The monoisotopic (exact) mass is 483 g/mol. The molecular formula is C26H24F3N3O3. The van der Waals surface area contributed by atoms with Gasteiger partial charge in [-0.1, -0.05) is 30.3 Å². The number of ether oxygens (including phenoxy) is 1. The molecule has 0 unspecified atom stereocenters. The molecule has 2 aromatic carbocycles. The number of aromatic nitrogens is 1. The molecule has 0 aliphatic heterocycles. The van der Waals surface area contributed by atoms with Crippen LogP contribution in [0.25, 0.3) is 21.9 Å². The van der Waals surface area contributed by atoms with Crippen LogP contribution in [0.4, 0.5) is 18.9 Å². The number of hydrogen-bond donors (Lipinski definition) is 2. The number of anilines is 1. The molecule has 9 heteroatoms. The van der Waals surface area contributed by atoms with Gasteiger partial charge in [-0.3, -0.25) is 4.79 Å². The van der Waals surface area contributed by atoms with E-state index in [1.165, 1.54) is 7.11 Å². The molecule has 1 saturated carbocycles. The number of halogens is 3. The molecule has 1 amide bonds. The first-order valence-corrected chi connectivity index (χ1v) is 11.4. The maximum atomic E-state index is 13.4. The van der Waals surface area contributed by atoms with E-state index in [-0.39, 0.29) is 29.3 Å². The number of carbonyl (C=O) groups excluding carboxylic acids is 1. The molecule has 2 heterocycles. The molecule has 1 aliphatic rings. The number of rotatable bonds is 5. The second-order valence-corrected chi connectivity index (χ2v) is 8.74. The lowest BCUT2D eigenvalue weighted by Gasteiger charge is -2.31.